The van der Waals surface area contributed by atoms with E-state index >= 15 is 0 Å². The minimum Gasteiger partial charge on any atom is -0.343 e. The summed E-state index contributed by atoms with van der Waals surface area (Å²) in [5.74, 6) is 0.0699. The Labute approximate surface area is 114 Å². The van der Waals surface area contributed by atoms with Crippen LogP contribution in [0.1, 0.15) is 16.8 Å². The van der Waals surface area contributed by atoms with Crippen LogP contribution < -0.4 is 5.32 Å². The fourth-order valence-corrected chi connectivity index (χ4v) is 3.31. The van der Waals surface area contributed by atoms with Gasteiger partial charge in [0.2, 0.25) is 5.91 Å². The Bertz CT molecular complexity index is 477. The molecule has 0 spiro atoms. The maximum Gasteiger partial charge on any atom is 0.223 e. The van der Waals surface area contributed by atoms with Gasteiger partial charge in [-0.3, -0.25) is 9.59 Å². The van der Waals surface area contributed by atoms with Crippen molar-refractivity contribution < 1.29 is 9.59 Å². The Kier molecular flexibility index (Phi) is 4.49. The molecule has 1 aliphatic heterocycles. The SMILES string of the molecule is CS/C(=C/C(=O)c1ccccc1)SC1CC(=O)N1. The Morgan fingerprint density at radius 3 is 2.61 bits per heavy atom. The van der Waals surface area contributed by atoms with E-state index in [1.807, 2.05) is 24.5 Å². The lowest BCUT2D eigenvalue weighted by Gasteiger charge is -2.26. The van der Waals surface area contributed by atoms with Crippen LogP contribution in [0.25, 0.3) is 0 Å². The van der Waals surface area contributed by atoms with Crippen molar-refractivity contribution in [3.05, 3.63) is 46.2 Å². The second-order valence-corrected chi connectivity index (χ2v) is 6.13. The van der Waals surface area contributed by atoms with Crippen molar-refractivity contribution in [1.82, 2.24) is 5.32 Å². The normalized spacial score (nSPS) is 19.1. The minimum atomic E-state index is -0.00176. The Balaban J connectivity index is 2.00. The van der Waals surface area contributed by atoms with Crippen LogP contribution in [0.2, 0.25) is 0 Å². The first-order chi connectivity index (χ1) is 8.69. The summed E-state index contributed by atoms with van der Waals surface area (Å²) in [6.07, 6.45) is 4.09. The van der Waals surface area contributed by atoms with Crippen molar-refractivity contribution >= 4 is 35.2 Å². The smallest absolute Gasteiger partial charge is 0.223 e. The summed E-state index contributed by atoms with van der Waals surface area (Å²) in [5.41, 5.74) is 0.683. The number of ketones is 1. The molecule has 1 aromatic carbocycles. The number of hydrogen-bond donors (Lipinski definition) is 1. The van der Waals surface area contributed by atoms with Gasteiger partial charge in [-0.05, 0) is 6.26 Å². The fourth-order valence-electron chi connectivity index (χ4n) is 1.47. The monoisotopic (exact) mass is 279 g/mol. The molecule has 1 amide bonds. The van der Waals surface area contributed by atoms with Crippen LogP contribution in [0.5, 0.6) is 0 Å². The highest BCUT2D eigenvalue weighted by atomic mass is 32.2. The van der Waals surface area contributed by atoms with Crippen molar-refractivity contribution in [3.8, 4) is 0 Å². The van der Waals surface area contributed by atoms with Gasteiger partial charge < -0.3 is 5.32 Å². The van der Waals surface area contributed by atoms with E-state index in [-0.39, 0.29) is 17.1 Å². The van der Waals surface area contributed by atoms with Crippen LogP contribution in [0.15, 0.2) is 40.6 Å². The summed E-state index contributed by atoms with van der Waals surface area (Å²) in [7, 11) is 0. The number of nitrogens with one attached hydrogen (secondary N) is 1. The molecule has 1 N–H and O–H groups in total. The van der Waals surface area contributed by atoms with Crippen LogP contribution >= 0.6 is 23.5 Å². The lowest BCUT2D eigenvalue weighted by Crippen LogP contribution is -2.46. The third-order valence-corrected chi connectivity index (χ3v) is 4.69. The zero-order chi connectivity index (χ0) is 13.0. The van der Waals surface area contributed by atoms with E-state index in [9.17, 15) is 9.59 Å². The Hall–Kier alpha value is -1.20. The van der Waals surface area contributed by atoms with Crippen molar-refractivity contribution in [1.29, 1.82) is 0 Å². The van der Waals surface area contributed by atoms with Gasteiger partial charge >= 0.3 is 0 Å². The van der Waals surface area contributed by atoms with E-state index in [1.165, 1.54) is 23.5 Å². The van der Waals surface area contributed by atoms with Crippen molar-refractivity contribution in [2.75, 3.05) is 6.26 Å². The minimum absolute atomic E-state index is 0.00176. The molecule has 0 saturated carbocycles. The average molecular weight is 279 g/mol. The number of carbonyl (C=O) groups excluding carboxylic acids is 2. The number of allylic oxidation sites excluding steroid dienone is 1. The standard InChI is InChI=1S/C13H13NO2S2/c1-17-13(18-12-8-11(16)14-12)7-10(15)9-5-3-2-4-6-9/h2-7,12H,8H2,1H3,(H,14,16)/b13-7-. The number of benzene rings is 1. The van der Waals surface area contributed by atoms with Gasteiger partial charge in [0.05, 0.1) is 11.8 Å². The molecule has 1 unspecified atom stereocenters. The molecule has 1 atom stereocenters. The molecular weight excluding hydrogens is 266 g/mol. The highest BCUT2D eigenvalue weighted by Crippen LogP contribution is 2.33. The topological polar surface area (TPSA) is 46.2 Å². The van der Waals surface area contributed by atoms with E-state index in [2.05, 4.69) is 5.32 Å². The van der Waals surface area contributed by atoms with Gasteiger partial charge in [0, 0.05) is 15.9 Å². The first-order valence-electron chi connectivity index (χ1n) is 5.50. The number of β-lactam (4-membered cyclic amide) rings is 1. The molecule has 1 saturated heterocycles. The maximum atomic E-state index is 12.0. The van der Waals surface area contributed by atoms with Gasteiger partial charge in [-0.15, -0.1) is 11.8 Å². The molecule has 0 radical (unpaired) electrons. The number of amides is 1. The number of thioether (sulfide) groups is 2. The first-order valence-corrected chi connectivity index (χ1v) is 7.60. The van der Waals surface area contributed by atoms with E-state index in [1.54, 1.807) is 18.2 Å². The molecule has 1 aromatic rings. The lowest BCUT2D eigenvalue weighted by molar-refractivity contribution is -0.126. The van der Waals surface area contributed by atoms with Gasteiger partial charge in [-0.2, -0.15) is 0 Å². The van der Waals surface area contributed by atoms with Crippen molar-refractivity contribution in [2.45, 2.75) is 11.8 Å². The Morgan fingerprint density at radius 2 is 2.06 bits per heavy atom. The molecule has 1 fully saturated rings. The van der Waals surface area contributed by atoms with Crippen molar-refractivity contribution in [3.63, 3.8) is 0 Å². The third-order valence-electron chi connectivity index (χ3n) is 2.46. The predicted octanol–water partition coefficient (Wildman–Crippen LogP) is 2.65. The number of rotatable bonds is 5. The van der Waals surface area contributed by atoms with Crippen molar-refractivity contribution in [2.24, 2.45) is 0 Å². The van der Waals surface area contributed by atoms with Gasteiger partial charge in [0.15, 0.2) is 5.78 Å². The second-order valence-electron chi connectivity index (χ2n) is 3.78. The van der Waals surface area contributed by atoms with Crippen LogP contribution in [0, 0.1) is 0 Å². The maximum absolute atomic E-state index is 12.0. The van der Waals surface area contributed by atoms with Crippen LogP contribution in [-0.4, -0.2) is 23.3 Å². The molecule has 18 heavy (non-hydrogen) atoms. The largest absolute Gasteiger partial charge is 0.343 e. The van der Waals surface area contributed by atoms with E-state index in [0.717, 1.165) is 4.24 Å². The summed E-state index contributed by atoms with van der Waals surface area (Å²) in [6.45, 7) is 0. The molecule has 3 nitrogen and oxygen atoms in total. The molecule has 1 heterocycles. The first kappa shape index (κ1) is 13.2. The molecule has 2 rings (SSSR count). The van der Waals surface area contributed by atoms with Crippen LogP contribution in [0.3, 0.4) is 0 Å². The quantitative estimate of drug-likeness (QED) is 0.511. The third kappa shape index (κ3) is 3.40. The van der Waals surface area contributed by atoms with E-state index in [4.69, 9.17) is 0 Å². The summed E-state index contributed by atoms with van der Waals surface area (Å²) in [5, 5.41) is 2.89. The number of carbonyl (C=O) groups is 2. The van der Waals surface area contributed by atoms with Crippen LogP contribution in [0.4, 0.5) is 0 Å². The zero-order valence-electron chi connectivity index (χ0n) is 9.88. The average Bonchev–Trinajstić information content (AvgIpc) is 2.36. The molecule has 5 heteroatoms. The van der Waals surface area contributed by atoms with Gasteiger partial charge in [0.1, 0.15) is 0 Å². The summed E-state index contributed by atoms with van der Waals surface area (Å²) in [6, 6.07) is 9.17. The molecular formula is C13H13NO2S2. The highest BCUT2D eigenvalue weighted by molar-refractivity contribution is 8.22. The van der Waals surface area contributed by atoms with Crippen LogP contribution in [-0.2, 0) is 4.79 Å². The lowest BCUT2D eigenvalue weighted by atomic mass is 10.1. The molecule has 1 aliphatic rings. The molecule has 0 bridgehead atoms. The summed E-state index contributed by atoms with van der Waals surface area (Å²) in [4.78, 5) is 22.8. The highest BCUT2D eigenvalue weighted by Gasteiger charge is 2.26. The summed E-state index contributed by atoms with van der Waals surface area (Å²) >= 11 is 3.05. The van der Waals surface area contributed by atoms with E-state index < -0.39 is 0 Å². The molecule has 0 aliphatic carbocycles. The van der Waals surface area contributed by atoms with Gasteiger partial charge in [0.25, 0.3) is 0 Å². The predicted molar refractivity (Wildman–Crippen MR) is 76.5 cm³/mol. The van der Waals surface area contributed by atoms with E-state index in [0.29, 0.717) is 12.0 Å². The zero-order valence-corrected chi connectivity index (χ0v) is 11.5. The number of hydrogen-bond acceptors (Lipinski definition) is 4. The van der Waals surface area contributed by atoms with Gasteiger partial charge in [-0.1, -0.05) is 42.1 Å². The van der Waals surface area contributed by atoms with Gasteiger partial charge in [-0.25, -0.2) is 0 Å². The fraction of sp³-hybridized carbons (Fsp3) is 0.231. The Morgan fingerprint density at radius 1 is 1.39 bits per heavy atom. The second kappa shape index (κ2) is 6.11. The summed E-state index contributed by atoms with van der Waals surface area (Å²) < 4.78 is 0.925. The molecule has 0 aromatic heterocycles. The molecule has 94 valence electrons.